The van der Waals surface area contributed by atoms with Gasteiger partial charge < -0.3 is 10.0 Å². The fraction of sp³-hybridized carbons (Fsp3) is 0.600. The second kappa shape index (κ2) is 9.67. The van der Waals surface area contributed by atoms with Crippen molar-refractivity contribution in [2.24, 2.45) is 5.92 Å². The van der Waals surface area contributed by atoms with E-state index in [9.17, 15) is 14.0 Å². The van der Waals surface area contributed by atoms with E-state index in [-0.39, 0.29) is 30.2 Å². The van der Waals surface area contributed by atoms with Gasteiger partial charge in [0.2, 0.25) is 5.91 Å². The number of carbonyl (C=O) groups is 2. The van der Waals surface area contributed by atoms with E-state index in [1.807, 2.05) is 29.8 Å². The Morgan fingerprint density at radius 2 is 2.12 bits per heavy atom. The van der Waals surface area contributed by atoms with Gasteiger partial charge in [-0.05, 0) is 56.8 Å². The Labute approximate surface area is 154 Å². The highest BCUT2D eigenvalue weighted by molar-refractivity contribution is 5.78. The predicted octanol–water partition coefficient (Wildman–Crippen LogP) is 2.79. The molecule has 1 aromatic carbocycles. The van der Waals surface area contributed by atoms with E-state index < -0.39 is 5.97 Å². The van der Waals surface area contributed by atoms with E-state index in [1.54, 1.807) is 6.07 Å². The van der Waals surface area contributed by atoms with E-state index in [4.69, 9.17) is 5.11 Å². The zero-order valence-electron chi connectivity index (χ0n) is 15.7. The number of aryl methyl sites for hydroxylation is 1. The number of halogens is 1. The maximum absolute atomic E-state index is 13.3. The van der Waals surface area contributed by atoms with Crippen LogP contribution in [0, 0.1) is 11.7 Å². The van der Waals surface area contributed by atoms with Crippen molar-refractivity contribution in [2.45, 2.75) is 45.1 Å². The fourth-order valence-electron chi connectivity index (χ4n) is 3.59. The molecule has 144 valence electrons. The van der Waals surface area contributed by atoms with E-state index in [1.165, 1.54) is 12.1 Å². The largest absolute Gasteiger partial charge is 0.480 e. The van der Waals surface area contributed by atoms with Gasteiger partial charge in [-0.3, -0.25) is 14.5 Å². The van der Waals surface area contributed by atoms with Crippen molar-refractivity contribution in [1.29, 1.82) is 0 Å². The zero-order valence-corrected chi connectivity index (χ0v) is 15.7. The Kier molecular flexibility index (Phi) is 7.57. The van der Waals surface area contributed by atoms with Gasteiger partial charge >= 0.3 is 5.97 Å². The Morgan fingerprint density at radius 1 is 1.35 bits per heavy atom. The van der Waals surface area contributed by atoms with Gasteiger partial charge in [0.25, 0.3) is 0 Å². The summed E-state index contributed by atoms with van der Waals surface area (Å²) in [6, 6.07) is 6.72. The number of likely N-dealkylation sites (tertiary alicyclic amines) is 1. The fourth-order valence-corrected chi connectivity index (χ4v) is 3.59. The molecule has 2 atom stereocenters. The first-order valence-electron chi connectivity index (χ1n) is 9.32. The minimum atomic E-state index is -0.823. The first-order chi connectivity index (χ1) is 12.4. The Hall–Kier alpha value is -1.95. The molecule has 26 heavy (non-hydrogen) atoms. The first-order valence-corrected chi connectivity index (χ1v) is 9.32. The van der Waals surface area contributed by atoms with Gasteiger partial charge in [0.1, 0.15) is 5.82 Å². The average molecular weight is 364 g/mol. The van der Waals surface area contributed by atoms with E-state index in [2.05, 4.69) is 0 Å². The van der Waals surface area contributed by atoms with Crippen LogP contribution >= 0.6 is 0 Å². The molecule has 1 aliphatic heterocycles. The van der Waals surface area contributed by atoms with Crippen molar-refractivity contribution in [3.63, 3.8) is 0 Å². The average Bonchev–Trinajstić information content (AvgIpc) is 2.84. The molecule has 0 spiro atoms. The number of hydrogen-bond donors (Lipinski definition) is 1. The molecule has 1 amide bonds. The van der Waals surface area contributed by atoms with Crippen LogP contribution in [0.3, 0.4) is 0 Å². The highest BCUT2D eigenvalue weighted by atomic mass is 19.1. The monoisotopic (exact) mass is 364 g/mol. The summed E-state index contributed by atoms with van der Waals surface area (Å²) in [4.78, 5) is 27.4. The smallest absolute Gasteiger partial charge is 0.317 e. The molecule has 1 heterocycles. The number of amides is 1. The minimum Gasteiger partial charge on any atom is -0.480 e. The third-order valence-corrected chi connectivity index (χ3v) is 5.19. The zero-order chi connectivity index (χ0) is 19.1. The summed E-state index contributed by atoms with van der Waals surface area (Å²) in [7, 11) is 1.83. The van der Waals surface area contributed by atoms with Crippen molar-refractivity contribution in [1.82, 2.24) is 9.80 Å². The molecule has 1 N–H and O–H groups in total. The SMILES string of the molecule is CC(CCc1cccc(F)c1)C(=O)N1CCCC(N(C)CC(=O)O)CC1. The van der Waals surface area contributed by atoms with Crippen LogP contribution in [0.4, 0.5) is 4.39 Å². The van der Waals surface area contributed by atoms with Crippen LogP contribution in [0.15, 0.2) is 24.3 Å². The molecule has 1 fully saturated rings. The Balaban J connectivity index is 1.83. The summed E-state index contributed by atoms with van der Waals surface area (Å²) in [5.41, 5.74) is 0.913. The lowest BCUT2D eigenvalue weighted by atomic mass is 9.99. The number of carbonyl (C=O) groups excluding carboxylic acids is 1. The van der Waals surface area contributed by atoms with Gasteiger partial charge in [0, 0.05) is 25.0 Å². The van der Waals surface area contributed by atoms with Crippen molar-refractivity contribution in [3.05, 3.63) is 35.6 Å². The molecule has 2 rings (SSSR count). The number of carboxylic acids is 1. The highest BCUT2D eigenvalue weighted by Crippen LogP contribution is 2.19. The maximum Gasteiger partial charge on any atom is 0.317 e. The number of aliphatic carboxylic acids is 1. The summed E-state index contributed by atoms with van der Waals surface area (Å²) in [6.07, 6.45) is 3.97. The minimum absolute atomic E-state index is 0.0304. The molecule has 0 aromatic heterocycles. The third-order valence-electron chi connectivity index (χ3n) is 5.19. The highest BCUT2D eigenvalue weighted by Gasteiger charge is 2.26. The number of carboxylic acid groups (broad SMARTS) is 1. The summed E-state index contributed by atoms with van der Waals surface area (Å²) < 4.78 is 13.3. The van der Waals surface area contributed by atoms with Crippen molar-refractivity contribution in [2.75, 3.05) is 26.7 Å². The standard InChI is InChI=1S/C20H29FN2O3/c1-15(8-9-16-5-3-6-17(21)13-16)20(26)23-11-4-7-18(10-12-23)22(2)14-19(24)25/h3,5-6,13,15,18H,4,7-12,14H2,1-2H3,(H,24,25). The first kappa shape index (κ1) is 20.4. The number of nitrogens with zero attached hydrogens (tertiary/aromatic N) is 2. The molecule has 0 aliphatic carbocycles. The molecule has 6 heteroatoms. The number of likely N-dealkylation sites (N-methyl/N-ethyl adjacent to an activating group) is 1. The van der Waals surface area contributed by atoms with Crippen LogP contribution in [-0.2, 0) is 16.0 Å². The number of hydrogen-bond acceptors (Lipinski definition) is 3. The molecule has 1 aliphatic rings. The second-order valence-corrected chi connectivity index (χ2v) is 7.29. The number of rotatable bonds is 7. The van der Waals surface area contributed by atoms with Gasteiger partial charge in [-0.25, -0.2) is 4.39 Å². The summed E-state index contributed by atoms with van der Waals surface area (Å²) in [6.45, 7) is 3.35. The number of benzene rings is 1. The molecule has 0 radical (unpaired) electrons. The maximum atomic E-state index is 13.3. The molecule has 0 saturated carbocycles. The van der Waals surface area contributed by atoms with Crippen LogP contribution in [0.5, 0.6) is 0 Å². The van der Waals surface area contributed by atoms with E-state index in [0.717, 1.165) is 31.4 Å². The predicted molar refractivity (Wildman–Crippen MR) is 98.4 cm³/mol. The van der Waals surface area contributed by atoms with Crippen LogP contribution in [0.25, 0.3) is 0 Å². The lowest BCUT2D eigenvalue weighted by molar-refractivity contribution is -0.139. The lowest BCUT2D eigenvalue weighted by Gasteiger charge is -2.26. The van der Waals surface area contributed by atoms with E-state index >= 15 is 0 Å². The summed E-state index contributed by atoms with van der Waals surface area (Å²) >= 11 is 0. The van der Waals surface area contributed by atoms with Crippen LogP contribution in [0.2, 0.25) is 0 Å². The van der Waals surface area contributed by atoms with Gasteiger partial charge in [-0.1, -0.05) is 19.1 Å². The normalized spacial score (nSPS) is 19.2. The molecule has 2 unspecified atom stereocenters. The molecule has 0 bridgehead atoms. The summed E-state index contributed by atoms with van der Waals surface area (Å²) in [5, 5.41) is 8.94. The van der Waals surface area contributed by atoms with Crippen LogP contribution in [-0.4, -0.2) is 59.5 Å². The molecule has 5 nitrogen and oxygen atoms in total. The Bertz CT molecular complexity index is 623. The topological polar surface area (TPSA) is 60.9 Å². The van der Waals surface area contributed by atoms with Crippen molar-refractivity contribution >= 4 is 11.9 Å². The quantitative estimate of drug-likeness (QED) is 0.808. The third kappa shape index (κ3) is 6.09. The lowest BCUT2D eigenvalue weighted by Crippen LogP contribution is -2.38. The van der Waals surface area contributed by atoms with Gasteiger partial charge in [-0.2, -0.15) is 0 Å². The summed E-state index contributed by atoms with van der Waals surface area (Å²) in [5.74, 6) is -1.03. The molecule has 1 aromatic rings. The van der Waals surface area contributed by atoms with Crippen LogP contribution < -0.4 is 0 Å². The van der Waals surface area contributed by atoms with Gasteiger partial charge in [0.05, 0.1) is 6.54 Å². The molecular formula is C20H29FN2O3. The van der Waals surface area contributed by atoms with Gasteiger partial charge in [-0.15, -0.1) is 0 Å². The molecule has 1 saturated heterocycles. The Morgan fingerprint density at radius 3 is 2.81 bits per heavy atom. The van der Waals surface area contributed by atoms with Crippen LogP contribution in [0.1, 0.15) is 38.2 Å². The van der Waals surface area contributed by atoms with Crippen molar-refractivity contribution < 1.29 is 19.1 Å². The van der Waals surface area contributed by atoms with Crippen molar-refractivity contribution in [3.8, 4) is 0 Å². The molecular weight excluding hydrogens is 335 g/mol. The van der Waals surface area contributed by atoms with Gasteiger partial charge in [0.15, 0.2) is 0 Å². The second-order valence-electron chi connectivity index (χ2n) is 7.29. The van der Waals surface area contributed by atoms with E-state index in [0.29, 0.717) is 19.4 Å².